The lowest BCUT2D eigenvalue weighted by Crippen LogP contribution is -2.00. The zero-order chi connectivity index (χ0) is 12.3. The first kappa shape index (κ1) is 12.1. The normalized spacial score (nSPS) is 10.3. The van der Waals surface area contributed by atoms with Crippen LogP contribution in [0.15, 0.2) is 41.1 Å². The van der Waals surface area contributed by atoms with Gasteiger partial charge in [0, 0.05) is 0 Å². The third-order valence-corrected chi connectivity index (χ3v) is 3.20. The van der Waals surface area contributed by atoms with E-state index in [4.69, 9.17) is 4.74 Å². The lowest BCUT2D eigenvalue weighted by Gasteiger charge is -2.11. The first-order valence-corrected chi connectivity index (χ1v) is 6.25. The van der Waals surface area contributed by atoms with Crippen molar-refractivity contribution in [2.24, 2.45) is 0 Å². The summed E-state index contributed by atoms with van der Waals surface area (Å²) in [6.07, 6.45) is 1.72. The molecule has 0 amide bonds. The van der Waals surface area contributed by atoms with Gasteiger partial charge in [-0.3, -0.25) is 0 Å². The number of pyridine rings is 1. The Morgan fingerprint density at radius 3 is 2.41 bits per heavy atom. The maximum absolute atomic E-state index is 5.73. The van der Waals surface area contributed by atoms with Crippen molar-refractivity contribution in [3.8, 4) is 5.75 Å². The molecule has 1 aromatic carbocycles. The van der Waals surface area contributed by atoms with Crippen molar-refractivity contribution in [1.29, 1.82) is 0 Å². The highest BCUT2D eigenvalue weighted by molar-refractivity contribution is 9.10. The molecule has 1 aromatic heterocycles. The van der Waals surface area contributed by atoms with Crippen molar-refractivity contribution in [2.75, 3.05) is 0 Å². The molecule has 3 heteroatoms. The smallest absolute Gasteiger partial charge is 0.138 e. The number of nitrogens with zero attached hydrogens (tertiary/aromatic N) is 1. The van der Waals surface area contributed by atoms with Gasteiger partial charge in [0.2, 0.25) is 0 Å². The van der Waals surface area contributed by atoms with Crippen molar-refractivity contribution >= 4 is 15.9 Å². The number of ether oxygens (including phenoxy) is 1. The zero-order valence-electron chi connectivity index (χ0n) is 9.90. The van der Waals surface area contributed by atoms with Gasteiger partial charge in [-0.1, -0.05) is 18.2 Å². The molecule has 0 fully saturated rings. The predicted octanol–water partition coefficient (Wildman–Crippen LogP) is 4.04. The van der Waals surface area contributed by atoms with Crippen LogP contribution >= 0.6 is 15.9 Å². The summed E-state index contributed by atoms with van der Waals surface area (Å²) in [5.74, 6) is 0.788. The molecule has 2 aromatic rings. The summed E-state index contributed by atoms with van der Waals surface area (Å²) in [5, 5.41) is 0. The van der Waals surface area contributed by atoms with Gasteiger partial charge in [0.15, 0.2) is 0 Å². The molecule has 0 aliphatic heterocycles. The van der Waals surface area contributed by atoms with Crippen LogP contribution in [0.4, 0.5) is 0 Å². The highest BCUT2D eigenvalue weighted by Crippen LogP contribution is 2.18. The van der Waals surface area contributed by atoms with E-state index in [1.165, 1.54) is 16.7 Å². The van der Waals surface area contributed by atoms with Crippen LogP contribution in [0.5, 0.6) is 5.75 Å². The third-order valence-electron chi connectivity index (χ3n) is 2.73. The Labute approximate surface area is 110 Å². The van der Waals surface area contributed by atoms with E-state index in [-0.39, 0.29) is 0 Å². The number of benzene rings is 1. The van der Waals surface area contributed by atoms with E-state index in [9.17, 15) is 0 Å². The van der Waals surface area contributed by atoms with Gasteiger partial charge >= 0.3 is 0 Å². The largest absolute Gasteiger partial charge is 0.487 e. The molecule has 2 nitrogen and oxygen atoms in total. The summed E-state index contributed by atoms with van der Waals surface area (Å²) in [7, 11) is 0. The van der Waals surface area contributed by atoms with E-state index >= 15 is 0 Å². The minimum atomic E-state index is 0.585. The molecule has 0 N–H and O–H groups in total. The maximum Gasteiger partial charge on any atom is 0.138 e. The third kappa shape index (κ3) is 3.07. The quantitative estimate of drug-likeness (QED) is 0.796. The molecule has 2 rings (SSSR count). The molecule has 0 aliphatic carbocycles. The Balaban J connectivity index is 2.10. The summed E-state index contributed by atoms with van der Waals surface area (Å²) >= 11 is 3.30. The van der Waals surface area contributed by atoms with Crippen LogP contribution in [-0.4, -0.2) is 4.98 Å². The first-order chi connectivity index (χ1) is 8.16. The molecule has 0 unspecified atom stereocenters. The van der Waals surface area contributed by atoms with Crippen LogP contribution in [0.25, 0.3) is 0 Å². The average Bonchev–Trinajstić information content (AvgIpc) is 2.31. The van der Waals surface area contributed by atoms with Gasteiger partial charge < -0.3 is 4.74 Å². The second kappa shape index (κ2) is 5.32. The molecule has 0 spiro atoms. The minimum absolute atomic E-state index is 0.585. The van der Waals surface area contributed by atoms with Crippen LogP contribution < -0.4 is 4.74 Å². The Bertz CT molecular complexity index is 488. The Kier molecular flexibility index (Phi) is 3.79. The zero-order valence-corrected chi connectivity index (χ0v) is 11.5. The molecular weight excluding hydrogens is 278 g/mol. The fourth-order valence-corrected chi connectivity index (χ4v) is 1.91. The van der Waals surface area contributed by atoms with Crippen LogP contribution in [0.3, 0.4) is 0 Å². The van der Waals surface area contributed by atoms with Crippen LogP contribution in [0.2, 0.25) is 0 Å². The average molecular weight is 292 g/mol. The van der Waals surface area contributed by atoms with E-state index in [2.05, 4.69) is 53.0 Å². The maximum atomic E-state index is 5.73. The van der Waals surface area contributed by atoms with Crippen molar-refractivity contribution in [3.63, 3.8) is 0 Å². The molecule has 88 valence electrons. The van der Waals surface area contributed by atoms with E-state index in [1.54, 1.807) is 6.20 Å². The fourth-order valence-electron chi connectivity index (χ4n) is 1.68. The fraction of sp³-hybridized carbons (Fsp3) is 0.214. The van der Waals surface area contributed by atoms with Crippen molar-refractivity contribution < 1.29 is 4.74 Å². The van der Waals surface area contributed by atoms with Crippen molar-refractivity contribution in [2.45, 2.75) is 20.5 Å². The van der Waals surface area contributed by atoms with Gasteiger partial charge in [0.25, 0.3) is 0 Å². The van der Waals surface area contributed by atoms with E-state index in [0.717, 1.165) is 10.4 Å². The predicted molar refractivity (Wildman–Crippen MR) is 72.2 cm³/mol. The van der Waals surface area contributed by atoms with Gasteiger partial charge in [-0.05, 0) is 58.6 Å². The van der Waals surface area contributed by atoms with Crippen molar-refractivity contribution in [3.05, 3.63) is 57.8 Å². The molecule has 0 bridgehead atoms. The SMILES string of the molecule is Cc1cccc(C)c1COc1ccc(Br)nc1. The second-order valence-electron chi connectivity index (χ2n) is 3.98. The van der Waals surface area contributed by atoms with Crippen LogP contribution in [-0.2, 0) is 6.61 Å². The number of halogens is 1. The lowest BCUT2D eigenvalue weighted by molar-refractivity contribution is 0.303. The number of rotatable bonds is 3. The minimum Gasteiger partial charge on any atom is -0.487 e. The first-order valence-electron chi connectivity index (χ1n) is 5.46. The standard InChI is InChI=1S/C14H14BrNO/c1-10-4-3-5-11(2)13(10)9-17-12-6-7-14(15)16-8-12/h3-8H,9H2,1-2H3. The van der Waals surface area contributed by atoms with Gasteiger partial charge in [0.05, 0.1) is 6.20 Å². The molecular formula is C14H14BrNO. The van der Waals surface area contributed by atoms with E-state index < -0.39 is 0 Å². The summed E-state index contributed by atoms with van der Waals surface area (Å²) in [5.41, 5.74) is 3.76. The molecule has 0 radical (unpaired) electrons. The highest BCUT2D eigenvalue weighted by Gasteiger charge is 2.03. The van der Waals surface area contributed by atoms with Gasteiger partial charge in [-0.15, -0.1) is 0 Å². The molecule has 0 atom stereocenters. The van der Waals surface area contributed by atoms with Gasteiger partial charge in [0.1, 0.15) is 17.0 Å². The van der Waals surface area contributed by atoms with Crippen LogP contribution in [0, 0.1) is 13.8 Å². The number of hydrogen-bond donors (Lipinski definition) is 0. The highest BCUT2D eigenvalue weighted by atomic mass is 79.9. The van der Waals surface area contributed by atoms with Gasteiger partial charge in [-0.2, -0.15) is 0 Å². The summed E-state index contributed by atoms with van der Waals surface area (Å²) in [6, 6.07) is 10.1. The van der Waals surface area contributed by atoms with Gasteiger partial charge in [-0.25, -0.2) is 4.98 Å². The summed E-state index contributed by atoms with van der Waals surface area (Å²) < 4.78 is 6.54. The summed E-state index contributed by atoms with van der Waals surface area (Å²) in [4.78, 5) is 4.13. The molecule has 1 heterocycles. The van der Waals surface area contributed by atoms with Crippen molar-refractivity contribution in [1.82, 2.24) is 4.98 Å². The number of hydrogen-bond acceptors (Lipinski definition) is 2. The Morgan fingerprint density at radius 1 is 1.12 bits per heavy atom. The summed E-state index contributed by atoms with van der Waals surface area (Å²) in [6.45, 7) is 4.79. The molecule has 0 aliphatic rings. The Hall–Kier alpha value is -1.35. The Morgan fingerprint density at radius 2 is 1.82 bits per heavy atom. The van der Waals surface area contributed by atoms with E-state index in [1.807, 2.05) is 12.1 Å². The number of aromatic nitrogens is 1. The second-order valence-corrected chi connectivity index (χ2v) is 4.79. The van der Waals surface area contributed by atoms with E-state index in [0.29, 0.717) is 6.61 Å². The lowest BCUT2D eigenvalue weighted by atomic mass is 10.0. The molecule has 0 saturated carbocycles. The van der Waals surface area contributed by atoms with Crippen LogP contribution in [0.1, 0.15) is 16.7 Å². The number of aryl methyl sites for hydroxylation is 2. The molecule has 0 saturated heterocycles. The molecule has 17 heavy (non-hydrogen) atoms. The topological polar surface area (TPSA) is 22.1 Å². The monoisotopic (exact) mass is 291 g/mol.